The van der Waals surface area contributed by atoms with Crippen LogP contribution in [0.25, 0.3) is 0 Å². The van der Waals surface area contributed by atoms with Crippen molar-refractivity contribution in [2.24, 2.45) is 11.8 Å². The SMILES string of the molecule is C1=C2C(=CCC1)[C@H]1CC[C@@H]2C1. The van der Waals surface area contributed by atoms with Crippen LogP contribution in [-0.2, 0) is 0 Å². The number of rotatable bonds is 0. The Hall–Kier alpha value is -0.520. The van der Waals surface area contributed by atoms with Crippen molar-refractivity contribution in [3.8, 4) is 0 Å². The summed E-state index contributed by atoms with van der Waals surface area (Å²) in [5.41, 5.74) is 3.49. The van der Waals surface area contributed by atoms with Gasteiger partial charge in [-0.2, -0.15) is 0 Å². The van der Waals surface area contributed by atoms with Gasteiger partial charge >= 0.3 is 0 Å². The molecule has 0 aromatic rings. The minimum atomic E-state index is 0.978. The van der Waals surface area contributed by atoms with Crippen molar-refractivity contribution in [2.75, 3.05) is 0 Å². The highest BCUT2D eigenvalue weighted by Gasteiger charge is 2.39. The maximum Gasteiger partial charge on any atom is -0.0156 e. The number of fused-ring (bicyclic) bond motifs is 5. The normalized spacial score (nSPS) is 40.0. The summed E-state index contributed by atoms with van der Waals surface area (Å²) in [6, 6.07) is 0. The number of hydrogen-bond donors (Lipinski definition) is 0. The molecular formula is C11H14. The van der Waals surface area contributed by atoms with Crippen LogP contribution in [0.5, 0.6) is 0 Å². The monoisotopic (exact) mass is 146 g/mol. The molecule has 0 nitrogen and oxygen atoms in total. The van der Waals surface area contributed by atoms with E-state index in [1.165, 1.54) is 32.1 Å². The Morgan fingerprint density at radius 3 is 2.00 bits per heavy atom. The lowest BCUT2D eigenvalue weighted by molar-refractivity contribution is 0.642. The molecule has 0 aliphatic heterocycles. The summed E-state index contributed by atoms with van der Waals surface area (Å²) in [7, 11) is 0. The van der Waals surface area contributed by atoms with Crippen LogP contribution in [0.2, 0.25) is 0 Å². The number of allylic oxidation sites excluding steroid dienone is 4. The fourth-order valence-electron chi connectivity index (χ4n) is 3.06. The molecule has 0 unspecified atom stereocenters. The lowest BCUT2D eigenvalue weighted by atomic mass is 9.85. The van der Waals surface area contributed by atoms with Gasteiger partial charge in [0, 0.05) is 0 Å². The molecule has 2 bridgehead atoms. The third kappa shape index (κ3) is 0.702. The van der Waals surface area contributed by atoms with Crippen LogP contribution in [0.3, 0.4) is 0 Å². The Morgan fingerprint density at radius 2 is 1.45 bits per heavy atom. The Kier molecular flexibility index (Phi) is 1.10. The summed E-state index contributed by atoms with van der Waals surface area (Å²) < 4.78 is 0. The summed E-state index contributed by atoms with van der Waals surface area (Å²) in [4.78, 5) is 0. The van der Waals surface area contributed by atoms with E-state index in [-0.39, 0.29) is 0 Å². The quantitative estimate of drug-likeness (QED) is 0.492. The van der Waals surface area contributed by atoms with Crippen molar-refractivity contribution >= 4 is 0 Å². The third-order valence-electron chi connectivity index (χ3n) is 3.54. The lowest BCUT2D eigenvalue weighted by Crippen LogP contribution is -2.04. The zero-order valence-corrected chi connectivity index (χ0v) is 6.84. The van der Waals surface area contributed by atoms with Gasteiger partial charge in [-0.15, -0.1) is 0 Å². The zero-order valence-electron chi connectivity index (χ0n) is 6.84. The van der Waals surface area contributed by atoms with Gasteiger partial charge in [-0.25, -0.2) is 0 Å². The molecule has 11 heavy (non-hydrogen) atoms. The van der Waals surface area contributed by atoms with Gasteiger partial charge in [0.2, 0.25) is 0 Å². The van der Waals surface area contributed by atoms with E-state index in [0.29, 0.717) is 0 Å². The first kappa shape index (κ1) is 6.05. The van der Waals surface area contributed by atoms with Gasteiger partial charge in [-0.3, -0.25) is 0 Å². The van der Waals surface area contributed by atoms with E-state index in [1.54, 1.807) is 11.1 Å². The topological polar surface area (TPSA) is 0 Å². The minimum absolute atomic E-state index is 0.978. The smallest absolute Gasteiger partial charge is 0.0156 e. The standard InChI is InChI=1S/C11H14/c1-2-4-11-9-6-5-8(7-9)10(11)3-1/h3-4,8-9H,1-2,5-7H2/t8-,9+. The summed E-state index contributed by atoms with van der Waals surface area (Å²) in [5.74, 6) is 1.96. The van der Waals surface area contributed by atoms with Crippen LogP contribution in [0.1, 0.15) is 32.1 Å². The van der Waals surface area contributed by atoms with E-state index in [2.05, 4.69) is 12.2 Å². The van der Waals surface area contributed by atoms with E-state index in [0.717, 1.165) is 11.8 Å². The van der Waals surface area contributed by atoms with Crippen molar-refractivity contribution in [2.45, 2.75) is 32.1 Å². The summed E-state index contributed by atoms with van der Waals surface area (Å²) in [6.07, 6.45) is 12.1. The molecule has 3 aliphatic carbocycles. The molecule has 0 spiro atoms. The van der Waals surface area contributed by atoms with Gasteiger partial charge in [0.15, 0.2) is 0 Å². The first-order valence-corrected chi connectivity index (χ1v) is 4.85. The Bertz CT molecular complexity index is 219. The van der Waals surface area contributed by atoms with Crippen LogP contribution in [0.4, 0.5) is 0 Å². The lowest BCUT2D eigenvalue weighted by Gasteiger charge is -2.20. The van der Waals surface area contributed by atoms with E-state index in [1.807, 2.05) is 0 Å². The molecule has 0 heterocycles. The van der Waals surface area contributed by atoms with Gasteiger partial charge in [0.05, 0.1) is 0 Å². The summed E-state index contributed by atoms with van der Waals surface area (Å²) in [5, 5.41) is 0. The van der Waals surface area contributed by atoms with E-state index >= 15 is 0 Å². The maximum absolute atomic E-state index is 2.50. The van der Waals surface area contributed by atoms with Gasteiger partial charge in [0.25, 0.3) is 0 Å². The summed E-state index contributed by atoms with van der Waals surface area (Å²) >= 11 is 0. The highest BCUT2D eigenvalue weighted by Crippen LogP contribution is 2.52. The Labute approximate surface area is 68.0 Å². The van der Waals surface area contributed by atoms with E-state index in [9.17, 15) is 0 Å². The van der Waals surface area contributed by atoms with Crippen LogP contribution in [0, 0.1) is 11.8 Å². The number of hydrogen-bond acceptors (Lipinski definition) is 0. The Morgan fingerprint density at radius 1 is 0.909 bits per heavy atom. The average molecular weight is 146 g/mol. The highest BCUT2D eigenvalue weighted by atomic mass is 14.4. The van der Waals surface area contributed by atoms with Crippen molar-refractivity contribution in [3.63, 3.8) is 0 Å². The fraction of sp³-hybridized carbons (Fsp3) is 0.636. The predicted octanol–water partition coefficient (Wildman–Crippen LogP) is 3.06. The molecule has 0 saturated heterocycles. The second-order valence-electron chi connectivity index (χ2n) is 4.10. The molecule has 2 saturated carbocycles. The molecule has 0 N–H and O–H groups in total. The van der Waals surface area contributed by atoms with E-state index in [4.69, 9.17) is 0 Å². The van der Waals surface area contributed by atoms with Crippen LogP contribution < -0.4 is 0 Å². The molecule has 2 atom stereocenters. The van der Waals surface area contributed by atoms with E-state index < -0.39 is 0 Å². The van der Waals surface area contributed by atoms with Crippen LogP contribution in [0.15, 0.2) is 23.3 Å². The molecule has 58 valence electrons. The second-order valence-corrected chi connectivity index (χ2v) is 4.10. The zero-order chi connectivity index (χ0) is 7.26. The first-order chi connectivity index (χ1) is 5.45. The minimum Gasteiger partial charge on any atom is -0.0805 e. The summed E-state index contributed by atoms with van der Waals surface area (Å²) in [6.45, 7) is 0. The predicted molar refractivity (Wildman–Crippen MR) is 46.2 cm³/mol. The Balaban J connectivity index is 2.07. The average Bonchev–Trinajstić information content (AvgIpc) is 2.64. The third-order valence-corrected chi connectivity index (χ3v) is 3.54. The van der Waals surface area contributed by atoms with Crippen molar-refractivity contribution in [1.29, 1.82) is 0 Å². The molecule has 3 rings (SSSR count). The molecule has 3 aliphatic rings. The molecule has 0 aromatic carbocycles. The van der Waals surface area contributed by atoms with Crippen molar-refractivity contribution in [1.82, 2.24) is 0 Å². The molecule has 0 amide bonds. The molecule has 0 aromatic heterocycles. The first-order valence-electron chi connectivity index (χ1n) is 4.85. The van der Waals surface area contributed by atoms with Gasteiger partial charge < -0.3 is 0 Å². The molecule has 2 fully saturated rings. The van der Waals surface area contributed by atoms with Crippen molar-refractivity contribution in [3.05, 3.63) is 23.3 Å². The highest BCUT2D eigenvalue weighted by molar-refractivity contribution is 5.43. The largest absolute Gasteiger partial charge is 0.0805 e. The molecule has 0 radical (unpaired) electrons. The second kappa shape index (κ2) is 2.00. The van der Waals surface area contributed by atoms with Crippen LogP contribution in [-0.4, -0.2) is 0 Å². The van der Waals surface area contributed by atoms with Gasteiger partial charge in [-0.05, 0) is 55.1 Å². The van der Waals surface area contributed by atoms with Gasteiger partial charge in [-0.1, -0.05) is 12.2 Å². The molecule has 0 heteroatoms. The van der Waals surface area contributed by atoms with Crippen LogP contribution >= 0.6 is 0 Å². The molecular weight excluding hydrogens is 132 g/mol. The van der Waals surface area contributed by atoms with Gasteiger partial charge in [0.1, 0.15) is 0 Å². The maximum atomic E-state index is 2.50. The fourth-order valence-corrected chi connectivity index (χ4v) is 3.06. The van der Waals surface area contributed by atoms with Crippen molar-refractivity contribution < 1.29 is 0 Å².